The van der Waals surface area contributed by atoms with Crippen LogP contribution in [0.1, 0.15) is 11.1 Å². The fourth-order valence-corrected chi connectivity index (χ4v) is 2.69. The number of halogens is 2. The number of aryl methyl sites for hydroxylation is 1. The third-order valence-corrected chi connectivity index (χ3v) is 3.88. The number of ether oxygens (including phenoxy) is 1. The number of nitrogens with zero attached hydrogens (tertiary/aromatic N) is 2. The predicted octanol–water partition coefficient (Wildman–Crippen LogP) is 4.51. The normalized spacial score (nSPS) is 10.7. The summed E-state index contributed by atoms with van der Waals surface area (Å²) in [5, 5.41) is 8.13. The quantitative estimate of drug-likeness (QED) is 0.749. The van der Waals surface area contributed by atoms with E-state index >= 15 is 0 Å². The molecule has 0 aliphatic carbocycles. The van der Waals surface area contributed by atoms with E-state index in [1.54, 1.807) is 12.1 Å². The van der Waals surface area contributed by atoms with Gasteiger partial charge in [0.2, 0.25) is 5.89 Å². The summed E-state index contributed by atoms with van der Waals surface area (Å²) in [6, 6.07) is 11.2. The highest BCUT2D eigenvalue weighted by atomic mass is 35.5. The lowest BCUT2D eigenvalue weighted by Crippen LogP contribution is -1.99. The molecule has 0 atom stereocenters. The third-order valence-electron chi connectivity index (χ3n) is 3.32. The molecule has 0 unspecified atom stereocenters. The Morgan fingerprint density at radius 2 is 1.83 bits per heavy atom. The van der Waals surface area contributed by atoms with Crippen molar-refractivity contribution in [2.75, 3.05) is 5.73 Å². The van der Waals surface area contributed by atoms with Crippen LogP contribution in [0.25, 0.3) is 11.5 Å². The molecular formula is C16H13Cl2N3O2. The molecule has 1 heterocycles. The van der Waals surface area contributed by atoms with E-state index in [4.69, 9.17) is 38.1 Å². The standard InChI is InChI=1S/C16H13Cl2N3O2/c1-9-4-2-3-5-10(9)8-22-14-12(17)6-11(7-13(14)18)15-20-21-16(19)23-15/h2-7H,8H2,1H3,(H2,19,21). The molecule has 0 saturated heterocycles. The average molecular weight is 350 g/mol. The van der Waals surface area contributed by atoms with Crippen molar-refractivity contribution >= 4 is 29.2 Å². The highest BCUT2D eigenvalue weighted by Crippen LogP contribution is 2.37. The second-order valence-corrected chi connectivity index (χ2v) is 5.74. The van der Waals surface area contributed by atoms with Crippen LogP contribution in [0.5, 0.6) is 5.75 Å². The largest absolute Gasteiger partial charge is 0.486 e. The second kappa shape index (κ2) is 6.48. The minimum absolute atomic E-state index is 0.0212. The minimum Gasteiger partial charge on any atom is -0.486 e. The molecule has 3 aromatic rings. The first-order valence-electron chi connectivity index (χ1n) is 6.80. The maximum Gasteiger partial charge on any atom is 0.313 e. The van der Waals surface area contributed by atoms with Gasteiger partial charge in [0.15, 0.2) is 5.75 Å². The van der Waals surface area contributed by atoms with Crippen molar-refractivity contribution in [3.8, 4) is 17.2 Å². The Balaban J connectivity index is 1.85. The van der Waals surface area contributed by atoms with Crippen molar-refractivity contribution in [1.29, 1.82) is 0 Å². The van der Waals surface area contributed by atoms with Gasteiger partial charge in [0.1, 0.15) is 6.61 Å². The van der Waals surface area contributed by atoms with Crippen LogP contribution < -0.4 is 10.5 Å². The highest BCUT2D eigenvalue weighted by molar-refractivity contribution is 6.37. The van der Waals surface area contributed by atoms with Crippen molar-refractivity contribution in [3.05, 3.63) is 57.6 Å². The van der Waals surface area contributed by atoms with Crippen LogP contribution in [0.3, 0.4) is 0 Å². The number of aromatic nitrogens is 2. The molecule has 2 N–H and O–H groups in total. The van der Waals surface area contributed by atoms with Crippen molar-refractivity contribution < 1.29 is 9.15 Å². The Hall–Kier alpha value is -2.24. The Bertz CT molecular complexity index is 826. The van der Waals surface area contributed by atoms with Crippen molar-refractivity contribution in [1.82, 2.24) is 10.2 Å². The molecule has 0 radical (unpaired) electrons. The van der Waals surface area contributed by atoms with Gasteiger partial charge in [-0.2, -0.15) is 0 Å². The SMILES string of the molecule is Cc1ccccc1COc1c(Cl)cc(-c2nnc(N)o2)cc1Cl. The van der Waals surface area contributed by atoms with E-state index in [1.165, 1.54) is 0 Å². The van der Waals surface area contributed by atoms with E-state index in [1.807, 2.05) is 31.2 Å². The maximum atomic E-state index is 6.27. The summed E-state index contributed by atoms with van der Waals surface area (Å²) in [6.45, 7) is 2.39. The van der Waals surface area contributed by atoms with Crippen LogP contribution >= 0.6 is 23.2 Å². The van der Waals surface area contributed by atoms with E-state index in [0.29, 0.717) is 28.0 Å². The fraction of sp³-hybridized carbons (Fsp3) is 0.125. The number of nitrogens with two attached hydrogens (primary N) is 1. The molecule has 0 aliphatic rings. The van der Waals surface area contributed by atoms with Crippen LogP contribution in [0.2, 0.25) is 10.0 Å². The Kier molecular flexibility index (Phi) is 4.41. The van der Waals surface area contributed by atoms with Crippen molar-refractivity contribution in [2.45, 2.75) is 13.5 Å². The van der Waals surface area contributed by atoms with Crippen LogP contribution in [0.15, 0.2) is 40.8 Å². The van der Waals surface area contributed by atoms with Gasteiger partial charge in [0.25, 0.3) is 0 Å². The van der Waals surface area contributed by atoms with E-state index in [2.05, 4.69) is 10.2 Å². The molecule has 0 spiro atoms. The van der Waals surface area contributed by atoms with E-state index in [0.717, 1.165) is 11.1 Å². The van der Waals surface area contributed by atoms with Gasteiger partial charge >= 0.3 is 6.01 Å². The summed E-state index contributed by atoms with van der Waals surface area (Å²) < 4.78 is 10.9. The number of hydrogen-bond acceptors (Lipinski definition) is 5. The monoisotopic (exact) mass is 349 g/mol. The number of rotatable bonds is 4. The Morgan fingerprint density at radius 3 is 2.43 bits per heavy atom. The smallest absolute Gasteiger partial charge is 0.313 e. The lowest BCUT2D eigenvalue weighted by Gasteiger charge is -2.12. The van der Waals surface area contributed by atoms with Crippen molar-refractivity contribution in [2.24, 2.45) is 0 Å². The summed E-state index contributed by atoms with van der Waals surface area (Å²) in [5.74, 6) is 0.657. The fourth-order valence-electron chi connectivity index (χ4n) is 2.09. The van der Waals surface area contributed by atoms with Gasteiger partial charge in [-0.25, -0.2) is 0 Å². The molecule has 3 rings (SSSR count). The van der Waals surface area contributed by atoms with Crippen molar-refractivity contribution in [3.63, 3.8) is 0 Å². The molecular weight excluding hydrogens is 337 g/mol. The van der Waals surface area contributed by atoms with Crippen LogP contribution in [-0.2, 0) is 6.61 Å². The zero-order valence-electron chi connectivity index (χ0n) is 12.2. The molecule has 1 aromatic heterocycles. The first kappa shape index (κ1) is 15.6. The number of anilines is 1. The number of benzene rings is 2. The maximum absolute atomic E-state index is 6.27. The van der Waals surface area contributed by atoms with E-state index < -0.39 is 0 Å². The van der Waals surface area contributed by atoms with Crippen LogP contribution in [0.4, 0.5) is 6.01 Å². The summed E-state index contributed by atoms with van der Waals surface area (Å²) in [5.41, 5.74) is 8.19. The Labute approximate surface area is 143 Å². The Morgan fingerprint density at radius 1 is 1.13 bits per heavy atom. The molecule has 0 saturated carbocycles. The summed E-state index contributed by atoms with van der Waals surface area (Å²) in [4.78, 5) is 0. The predicted molar refractivity (Wildman–Crippen MR) is 89.7 cm³/mol. The summed E-state index contributed by atoms with van der Waals surface area (Å²) in [7, 11) is 0. The zero-order valence-corrected chi connectivity index (χ0v) is 13.7. The minimum atomic E-state index is -0.0212. The molecule has 2 aromatic carbocycles. The summed E-state index contributed by atoms with van der Waals surface area (Å²) >= 11 is 12.5. The lowest BCUT2D eigenvalue weighted by atomic mass is 10.1. The van der Waals surface area contributed by atoms with Crippen LogP contribution in [-0.4, -0.2) is 10.2 Å². The molecule has 0 amide bonds. The molecule has 0 bridgehead atoms. The lowest BCUT2D eigenvalue weighted by molar-refractivity contribution is 0.306. The molecule has 0 fully saturated rings. The van der Waals surface area contributed by atoms with Gasteiger partial charge in [-0.15, -0.1) is 5.10 Å². The zero-order chi connectivity index (χ0) is 16.4. The highest BCUT2D eigenvalue weighted by Gasteiger charge is 2.14. The summed E-state index contributed by atoms with van der Waals surface area (Å²) in [6.07, 6.45) is 0. The first-order chi connectivity index (χ1) is 11.0. The average Bonchev–Trinajstić information content (AvgIpc) is 2.94. The number of nitrogen functional groups attached to an aromatic ring is 1. The molecule has 0 aliphatic heterocycles. The topological polar surface area (TPSA) is 74.2 Å². The van der Waals surface area contributed by atoms with Gasteiger partial charge in [-0.1, -0.05) is 52.6 Å². The van der Waals surface area contributed by atoms with E-state index in [-0.39, 0.29) is 11.9 Å². The number of hydrogen-bond donors (Lipinski definition) is 1. The van der Waals surface area contributed by atoms with E-state index in [9.17, 15) is 0 Å². The molecule has 5 nitrogen and oxygen atoms in total. The van der Waals surface area contributed by atoms with Gasteiger partial charge < -0.3 is 14.9 Å². The molecule has 23 heavy (non-hydrogen) atoms. The van der Waals surface area contributed by atoms with Crippen LogP contribution in [0, 0.1) is 6.92 Å². The van der Waals surface area contributed by atoms with Gasteiger partial charge in [0.05, 0.1) is 10.0 Å². The third kappa shape index (κ3) is 3.41. The molecule has 118 valence electrons. The van der Waals surface area contributed by atoms with Gasteiger partial charge in [-0.3, -0.25) is 0 Å². The first-order valence-corrected chi connectivity index (χ1v) is 7.56. The van der Waals surface area contributed by atoms with Gasteiger partial charge in [-0.05, 0) is 30.2 Å². The molecule has 7 heteroatoms. The second-order valence-electron chi connectivity index (χ2n) is 4.93. The van der Waals surface area contributed by atoms with Gasteiger partial charge in [0, 0.05) is 5.56 Å².